The summed E-state index contributed by atoms with van der Waals surface area (Å²) >= 11 is 4.56. The van der Waals surface area contributed by atoms with E-state index in [0.717, 1.165) is 0 Å². The molecule has 3 aromatic carbocycles. The summed E-state index contributed by atoms with van der Waals surface area (Å²) in [6, 6.07) is 33.6. The standard InChI is InChI=1S/C29H38BrP/c1-2-3-4-5-6-7-8-9-19-26-31(30,27-20-13-10-14-21-27,28-22-15-11-16-23-28)29-24-17-12-18-25-29/h10-18,20-25H,2-9,19,26H2,1H3. The van der Waals surface area contributed by atoms with Crippen LogP contribution in [0.3, 0.4) is 0 Å². The normalized spacial score (nSPS) is 12.9. The van der Waals surface area contributed by atoms with Crippen molar-refractivity contribution in [3.8, 4) is 0 Å². The van der Waals surface area contributed by atoms with Crippen molar-refractivity contribution in [2.75, 3.05) is 6.16 Å². The minimum absolute atomic E-state index is 1.17. The first-order valence-electron chi connectivity index (χ1n) is 12.1. The molecule has 0 radical (unpaired) electrons. The van der Waals surface area contributed by atoms with Gasteiger partial charge in [-0.2, -0.15) is 0 Å². The third kappa shape index (κ3) is 5.68. The van der Waals surface area contributed by atoms with Crippen molar-refractivity contribution in [2.45, 2.75) is 64.7 Å². The van der Waals surface area contributed by atoms with E-state index in [1.54, 1.807) is 0 Å². The molecule has 0 saturated heterocycles. The first-order valence-corrected chi connectivity index (χ1v) is 16.5. The molecule has 2 heteroatoms. The number of halogens is 1. The molecule has 0 unspecified atom stereocenters. The van der Waals surface area contributed by atoms with Crippen LogP contribution < -0.4 is 15.9 Å². The molecule has 166 valence electrons. The third-order valence-electron chi connectivity index (χ3n) is 6.57. The van der Waals surface area contributed by atoms with E-state index in [-0.39, 0.29) is 0 Å². The Hall–Kier alpha value is -1.43. The molecule has 0 heterocycles. The van der Waals surface area contributed by atoms with E-state index >= 15 is 0 Å². The molecule has 0 aliphatic carbocycles. The van der Waals surface area contributed by atoms with Crippen LogP contribution in [0.5, 0.6) is 0 Å². The van der Waals surface area contributed by atoms with Crippen molar-refractivity contribution in [1.82, 2.24) is 0 Å². The molecule has 0 aromatic heterocycles. The fourth-order valence-electron chi connectivity index (χ4n) is 4.77. The number of unbranched alkanes of at least 4 members (excludes halogenated alkanes) is 8. The number of hydrogen-bond acceptors (Lipinski definition) is 0. The quantitative estimate of drug-likeness (QED) is 0.164. The van der Waals surface area contributed by atoms with E-state index in [4.69, 9.17) is 0 Å². The van der Waals surface area contributed by atoms with Crippen LogP contribution in [0.4, 0.5) is 0 Å². The van der Waals surface area contributed by atoms with Crippen LogP contribution in [0.15, 0.2) is 91.0 Å². The molecule has 3 aromatic rings. The SMILES string of the molecule is CCCCCCCCCCCP(Br)(c1ccccc1)(c1ccccc1)c1ccccc1. The van der Waals surface area contributed by atoms with E-state index in [9.17, 15) is 0 Å². The summed E-state index contributed by atoms with van der Waals surface area (Å²) in [6.45, 7) is 2.29. The Kier molecular flexibility index (Phi) is 9.36. The second-order valence-electron chi connectivity index (χ2n) is 8.74. The monoisotopic (exact) mass is 496 g/mol. The number of benzene rings is 3. The van der Waals surface area contributed by atoms with Gasteiger partial charge in [-0.15, -0.1) is 0 Å². The fourth-order valence-corrected chi connectivity index (χ4v) is 12.5. The van der Waals surface area contributed by atoms with Crippen LogP contribution in [0.2, 0.25) is 0 Å². The Balaban J connectivity index is 1.85. The second-order valence-corrected chi connectivity index (χ2v) is 17.8. The molecular formula is C29H38BrP. The first-order chi connectivity index (χ1) is 15.2. The Bertz CT molecular complexity index is 777. The zero-order valence-electron chi connectivity index (χ0n) is 19.1. The fraction of sp³-hybridized carbons (Fsp3) is 0.379. The molecule has 0 saturated carbocycles. The van der Waals surface area contributed by atoms with Gasteiger partial charge in [0, 0.05) is 0 Å². The van der Waals surface area contributed by atoms with E-state index < -0.39 is 5.31 Å². The maximum atomic E-state index is 4.56. The van der Waals surface area contributed by atoms with Gasteiger partial charge in [0.2, 0.25) is 0 Å². The van der Waals surface area contributed by atoms with Crippen LogP contribution in [0, 0.1) is 0 Å². The third-order valence-corrected chi connectivity index (χ3v) is 16.6. The number of rotatable bonds is 13. The first kappa shape index (κ1) is 24.2. The van der Waals surface area contributed by atoms with Crippen LogP contribution in [-0.2, 0) is 0 Å². The van der Waals surface area contributed by atoms with Crippen molar-refractivity contribution in [3.05, 3.63) is 91.0 Å². The van der Waals surface area contributed by atoms with E-state index in [1.165, 1.54) is 79.9 Å². The van der Waals surface area contributed by atoms with Gasteiger partial charge in [-0.1, -0.05) is 0 Å². The predicted octanol–water partition coefficient (Wildman–Crippen LogP) is 8.36. The molecule has 0 atom stereocenters. The van der Waals surface area contributed by atoms with Gasteiger partial charge in [0.25, 0.3) is 0 Å². The average Bonchev–Trinajstić information content (AvgIpc) is 2.84. The molecule has 0 bridgehead atoms. The van der Waals surface area contributed by atoms with Gasteiger partial charge >= 0.3 is 199 Å². The van der Waals surface area contributed by atoms with Gasteiger partial charge in [0.1, 0.15) is 0 Å². The van der Waals surface area contributed by atoms with Crippen LogP contribution >= 0.6 is 20.8 Å². The molecule has 0 spiro atoms. The average molecular weight is 498 g/mol. The summed E-state index contributed by atoms with van der Waals surface area (Å²) in [5.74, 6) is 0. The van der Waals surface area contributed by atoms with Crippen molar-refractivity contribution in [2.24, 2.45) is 0 Å². The molecule has 0 aliphatic rings. The summed E-state index contributed by atoms with van der Waals surface area (Å²) in [5.41, 5.74) is 0. The topological polar surface area (TPSA) is 0 Å². The van der Waals surface area contributed by atoms with Crippen molar-refractivity contribution in [1.29, 1.82) is 0 Å². The van der Waals surface area contributed by atoms with E-state index in [2.05, 4.69) is 113 Å². The van der Waals surface area contributed by atoms with Crippen LogP contribution in [-0.4, -0.2) is 6.16 Å². The second kappa shape index (κ2) is 12.0. The molecule has 0 amide bonds. The van der Waals surface area contributed by atoms with Gasteiger partial charge in [-0.05, 0) is 0 Å². The molecule has 0 nitrogen and oxygen atoms in total. The summed E-state index contributed by atoms with van der Waals surface area (Å²) in [4.78, 5) is 0. The molecule has 0 aliphatic heterocycles. The van der Waals surface area contributed by atoms with Crippen molar-refractivity contribution < 1.29 is 0 Å². The maximum absolute atomic E-state index is 4.56. The summed E-state index contributed by atoms with van der Waals surface area (Å²) in [7, 11) is 0. The number of hydrogen-bond donors (Lipinski definition) is 0. The zero-order chi connectivity index (χ0) is 21.9. The van der Waals surface area contributed by atoms with Gasteiger partial charge in [-0.25, -0.2) is 0 Å². The molecule has 3 rings (SSSR count). The van der Waals surface area contributed by atoms with Gasteiger partial charge in [-0.3, -0.25) is 0 Å². The van der Waals surface area contributed by atoms with E-state index in [1.807, 2.05) is 0 Å². The summed E-state index contributed by atoms with van der Waals surface area (Å²) < 4.78 is 0. The van der Waals surface area contributed by atoms with Crippen molar-refractivity contribution in [3.63, 3.8) is 0 Å². The Morgan fingerprint density at radius 2 is 0.806 bits per heavy atom. The van der Waals surface area contributed by atoms with Crippen LogP contribution in [0.1, 0.15) is 64.7 Å². The minimum atomic E-state index is -2.71. The van der Waals surface area contributed by atoms with Gasteiger partial charge in [0.05, 0.1) is 0 Å². The molecule has 31 heavy (non-hydrogen) atoms. The summed E-state index contributed by atoms with van der Waals surface area (Å²) in [5, 5.41) is 1.60. The molecule has 0 N–H and O–H groups in total. The van der Waals surface area contributed by atoms with Gasteiger partial charge < -0.3 is 0 Å². The van der Waals surface area contributed by atoms with Gasteiger partial charge in [0.15, 0.2) is 0 Å². The van der Waals surface area contributed by atoms with Crippen molar-refractivity contribution >= 4 is 36.7 Å². The Labute approximate surface area is 198 Å². The summed E-state index contributed by atoms with van der Waals surface area (Å²) in [6.07, 6.45) is 13.4. The predicted molar refractivity (Wildman–Crippen MR) is 146 cm³/mol. The Morgan fingerprint density at radius 3 is 1.16 bits per heavy atom. The molecular weight excluding hydrogens is 459 g/mol. The van der Waals surface area contributed by atoms with Crippen LogP contribution in [0.25, 0.3) is 0 Å². The Morgan fingerprint density at radius 1 is 0.484 bits per heavy atom. The molecule has 0 fully saturated rings. The van der Waals surface area contributed by atoms with E-state index in [0.29, 0.717) is 0 Å². The zero-order valence-corrected chi connectivity index (χ0v) is 21.5.